The molecule has 4 unspecified atom stereocenters. The fourth-order valence-corrected chi connectivity index (χ4v) is 6.25. The molecule has 0 aromatic heterocycles. The first-order valence-corrected chi connectivity index (χ1v) is 13.0. The van der Waals surface area contributed by atoms with Crippen LogP contribution in [0.3, 0.4) is 0 Å². The van der Waals surface area contributed by atoms with E-state index in [1.54, 1.807) is 0 Å². The number of morpholine rings is 1. The van der Waals surface area contributed by atoms with E-state index in [0.29, 0.717) is 31.2 Å². The molecule has 0 bridgehead atoms. The lowest BCUT2D eigenvalue weighted by Gasteiger charge is -2.41. The Kier molecular flexibility index (Phi) is 8.67. The van der Waals surface area contributed by atoms with Gasteiger partial charge in [-0.1, -0.05) is 0 Å². The molecule has 2 saturated heterocycles. The second-order valence-corrected chi connectivity index (χ2v) is 10.6. The molecule has 0 aromatic rings. The molecule has 184 valence electrons. The molecule has 8 nitrogen and oxygen atoms in total. The van der Waals surface area contributed by atoms with Crippen LogP contribution >= 0.6 is 0 Å². The van der Waals surface area contributed by atoms with Crippen molar-refractivity contribution in [2.45, 2.75) is 102 Å². The zero-order valence-corrected chi connectivity index (χ0v) is 20.3. The third kappa shape index (κ3) is 6.56. The van der Waals surface area contributed by atoms with Crippen LogP contribution in [0.1, 0.15) is 65.2 Å². The minimum absolute atomic E-state index is 0.0672. The number of rotatable bonds is 5. The SMILES string of the molecule is COC1CCC(C2CNC(NC3CCCC(NC(=O)N4CC(C)OC(C)C4)C3)NC2)CC1. The lowest BCUT2D eigenvalue weighted by molar-refractivity contribution is -0.0549. The summed E-state index contributed by atoms with van der Waals surface area (Å²) in [6.45, 7) is 7.58. The van der Waals surface area contributed by atoms with Crippen molar-refractivity contribution >= 4 is 6.03 Å². The first-order valence-electron chi connectivity index (χ1n) is 13.0. The highest BCUT2D eigenvalue weighted by molar-refractivity contribution is 5.74. The average molecular weight is 452 g/mol. The number of carbonyl (C=O) groups excluding carboxylic acids is 1. The molecule has 4 aliphatic rings. The zero-order valence-electron chi connectivity index (χ0n) is 20.3. The Morgan fingerprint density at radius 1 is 0.938 bits per heavy atom. The van der Waals surface area contributed by atoms with E-state index in [-0.39, 0.29) is 30.6 Å². The van der Waals surface area contributed by atoms with Gasteiger partial charge in [-0.15, -0.1) is 0 Å². The van der Waals surface area contributed by atoms with E-state index in [1.165, 1.54) is 32.1 Å². The summed E-state index contributed by atoms with van der Waals surface area (Å²) in [5.41, 5.74) is 0. The average Bonchev–Trinajstić information content (AvgIpc) is 2.79. The predicted molar refractivity (Wildman–Crippen MR) is 125 cm³/mol. The summed E-state index contributed by atoms with van der Waals surface area (Å²) in [7, 11) is 1.84. The summed E-state index contributed by atoms with van der Waals surface area (Å²) in [6, 6.07) is 0.738. The van der Waals surface area contributed by atoms with Crippen LogP contribution in [0.4, 0.5) is 4.79 Å². The van der Waals surface area contributed by atoms with E-state index in [0.717, 1.165) is 38.3 Å². The molecule has 2 saturated carbocycles. The van der Waals surface area contributed by atoms with Crippen molar-refractivity contribution < 1.29 is 14.3 Å². The third-order valence-corrected chi connectivity index (χ3v) is 8.00. The lowest BCUT2D eigenvalue weighted by Crippen LogP contribution is -2.63. The van der Waals surface area contributed by atoms with Crippen LogP contribution in [-0.2, 0) is 9.47 Å². The Hall–Kier alpha value is -0.930. The molecule has 4 N–H and O–H groups in total. The van der Waals surface area contributed by atoms with E-state index < -0.39 is 0 Å². The van der Waals surface area contributed by atoms with Crippen LogP contribution in [0, 0.1) is 11.8 Å². The molecule has 0 radical (unpaired) electrons. The number of carbonyl (C=O) groups is 1. The molecule has 4 atom stereocenters. The van der Waals surface area contributed by atoms with Crippen LogP contribution in [-0.4, -0.2) is 80.9 Å². The van der Waals surface area contributed by atoms with Gasteiger partial charge in [-0.2, -0.15) is 0 Å². The standard InChI is InChI=1S/C24H45N5O3/c1-16-14-29(15-17(2)32-16)24(30)28-21-6-4-5-20(11-21)27-23-25-12-19(13-26-23)18-7-9-22(31-3)10-8-18/h16-23,25-27H,4-15H2,1-3H3,(H,28,30). The molecule has 2 heterocycles. The van der Waals surface area contributed by atoms with Crippen molar-refractivity contribution in [3.05, 3.63) is 0 Å². The Morgan fingerprint density at radius 3 is 2.25 bits per heavy atom. The molecule has 2 amide bonds. The number of urea groups is 1. The number of nitrogens with zero attached hydrogens (tertiary/aromatic N) is 1. The maximum Gasteiger partial charge on any atom is 0.317 e. The Balaban J connectivity index is 1.17. The Labute approximate surface area is 193 Å². The number of nitrogens with one attached hydrogen (secondary N) is 4. The molecule has 0 aromatic carbocycles. The summed E-state index contributed by atoms with van der Waals surface area (Å²) in [6.07, 6.45) is 10.2. The minimum Gasteiger partial charge on any atom is -0.381 e. The van der Waals surface area contributed by atoms with Crippen LogP contribution in [0.15, 0.2) is 0 Å². The molecule has 32 heavy (non-hydrogen) atoms. The monoisotopic (exact) mass is 451 g/mol. The highest BCUT2D eigenvalue weighted by atomic mass is 16.5. The zero-order chi connectivity index (χ0) is 22.5. The molecule has 8 heteroatoms. The summed E-state index contributed by atoms with van der Waals surface area (Å²) in [5.74, 6) is 1.52. The topological polar surface area (TPSA) is 86.9 Å². The summed E-state index contributed by atoms with van der Waals surface area (Å²) >= 11 is 0. The van der Waals surface area contributed by atoms with E-state index in [1.807, 2.05) is 25.9 Å². The predicted octanol–water partition coefficient (Wildman–Crippen LogP) is 2.00. The van der Waals surface area contributed by atoms with Gasteiger partial charge in [-0.25, -0.2) is 4.79 Å². The molecule has 4 rings (SSSR count). The van der Waals surface area contributed by atoms with Crippen LogP contribution in [0.5, 0.6) is 0 Å². The van der Waals surface area contributed by atoms with Crippen molar-refractivity contribution in [1.82, 2.24) is 26.2 Å². The number of amides is 2. The number of methoxy groups -OCH3 is 1. The Bertz CT molecular complexity index is 582. The van der Waals surface area contributed by atoms with Gasteiger partial charge in [0.1, 0.15) is 6.29 Å². The third-order valence-electron chi connectivity index (χ3n) is 8.00. The van der Waals surface area contributed by atoms with Gasteiger partial charge in [-0.3, -0.25) is 16.0 Å². The van der Waals surface area contributed by atoms with Gasteiger partial charge in [0.15, 0.2) is 0 Å². The van der Waals surface area contributed by atoms with Crippen LogP contribution < -0.4 is 21.3 Å². The van der Waals surface area contributed by atoms with Crippen LogP contribution in [0.2, 0.25) is 0 Å². The lowest BCUT2D eigenvalue weighted by atomic mass is 9.78. The smallest absolute Gasteiger partial charge is 0.317 e. The molecule has 4 fully saturated rings. The van der Waals surface area contributed by atoms with Gasteiger partial charge in [0.25, 0.3) is 0 Å². The first-order chi connectivity index (χ1) is 15.5. The largest absolute Gasteiger partial charge is 0.381 e. The van der Waals surface area contributed by atoms with E-state index >= 15 is 0 Å². The molecular weight excluding hydrogens is 406 g/mol. The van der Waals surface area contributed by atoms with E-state index in [9.17, 15) is 4.79 Å². The number of ether oxygens (including phenoxy) is 2. The fraction of sp³-hybridized carbons (Fsp3) is 0.958. The quantitative estimate of drug-likeness (QED) is 0.512. The Morgan fingerprint density at radius 2 is 1.59 bits per heavy atom. The fourth-order valence-electron chi connectivity index (χ4n) is 6.25. The number of hydrogen-bond donors (Lipinski definition) is 4. The van der Waals surface area contributed by atoms with Crippen LogP contribution in [0.25, 0.3) is 0 Å². The van der Waals surface area contributed by atoms with Crippen molar-refractivity contribution in [2.75, 3.05) is 33.3 Å². The second kappa shape index (κ2) is 11.5. The van der Waals surface area contributed by atoms with Gasteiger partial charge in [0, 0.05) is 45.4 Å². The highest BCUT2D eigenvalue weighted by Crippen LogP contribution is 2.31. The van der Waals surface area contributed by atoms with Gasteiger partial charge in [-0.05, 0) is 77.0 Å². The maximum absolute atomic E-state index is 12.8. The van der Waals surface area contributed by atoms with Gasteiger partial charge >= 0.3 is 6.03 Å². The summed E-state index contributed by atoms with van der Waals surface area (Å²) in [5, 5.41) is 14.4. The minimum atomic E-state index is 0.0672. The summed E-state index contributed by atoms with van der Waals surface area (Å²) in [4.78, 5) is 14.7. The highest BCUT2D eigenvalue weighted by Gasteiger charge is 2.33. The van der Waals surface area contributed by atoms with E-state index in [4.69, 9.17) is 9.47 Å². The van der Waals surface area contributed by atoms with Gasteiger partial charge in [0.05, 0.1) is 18.3 Å². The number of hydrogen-bond acceptors (Lipinski definition) is 6. The van der Waals surface area contributed by atoms with Crippen molar-refractivity contribution in [3.8, 4) is 0 Å². The van der Waals surface area contributed by atoms with Gasteiger partial charge < -0.3 is 19.7 Å². The maximum atomic E-state index is 12.8. The summed E-state index contributed by atoms with van der Waals surface area (Å²) < 4.78 is 11.3. The molecule has 2 aliphatic heterocycles. The van der Waals surface area contributed by atoms with Gasteiger partial charge in [0.2, 0.25) is 0 Å². The molecule has 2 aliphatic carbocycles. The van der Waals surface area contributed by atoms with E-state index in [2.05, 4.69) is 21.3 Å². The second-order valence-electron chi connectivity index (χ2n) is 10.6. The molecular formula is C24H45N5O3. The van der Waals surface area contributed by atoms with Crippen molar-refractivity contribution in [3.63, 3.8) is 0 Å². The van der Waals surface area contributed by atoms with Crippen molar-refractivity contribution in [2.24, 2.45) is 11.8 Å². The molecule has 0 spiro atoms. The van der Waals surface area contributed by atoms with Crippen molar-refractivity contribution in [1.29, 1.82) is 0 Å². The normalized spacial score (nSPS) is 41.3. The first kappa shape index (κ1) is 24.2.